The van der Waals surface area contributed by atoms with Gasteiger partial charge in [-0.25, -0.2) is 4.79 Å². The van der Waals surface area contributed by atoms with Gasteiger partial charge in [-0.2, -0.15) is 0 Å². The molecule has 5 nitrogen and oxygen atoms in total. The zero-order chi connectivity index (χ0) is 13.1. The second-order valence-electron chi connectivity index (χ2n) is 5.12. The van der Waals surface area contributed by atoms with Crippen LogP contribution >= 0.6 is 0 Å². The number of nitrogens with two attached hydrogens (primary N) is 1. The molecule has 94 valence electrons. The summed E-state index contributed by atoms with van der Waals surface area (Å²) in [4.78, 5) is 22.7. The second kappa shape index (κ2) is 4.82. The van der Waals surface area contributed by atoms with E-state index >= 15 is 0 Å². The zero-order valence-electron chi connectivity index (χ0n) is 10.6. The molecule has 0 saturated carbocycles. The van der Waals surface area contributed by atoms with Gasteiger partial charge in [0.15, 0.2) is 0 Å². The molecule has 1 atom stereocenters. The number of hydrogen-bond acceptors (Lipinski definition) is 3. The van der Waals surface area contributed by atoms with Gasteiger partial charge in [-0.1, -0.05) is 6.92 Å². The molecule has 5 heteroatoms. The molecule has 0 spiro atoms. The van der Waals surface area contributed by atoms with Crippen LogP contribution in [-0.2, 0) is 9.59 Å². The fourth-order valence-electron chi connectivity index (χ4n) is 0.970. The molecule has 0 aliphatic carbocycles. The van der Waals surface area contributed by atoms with Crippen LogP contribution in [0.4, 0.5) is 0 Å². The van der Waals surface area contributed by atoms with Crippen molar-refractivity contribution in [3.8, 4) is 0 Å². The maximum absolute atomic E-state index is 11.9. The van der Waals surface area contributed by atoms with Gasteiger partial charge in [0, 0.05) is 5.54 Å². The molecular formula is C11H22N2O3. The molecule has 0 aromatic rings. The van der Waals surface area contributed by atoms with Crippen molar-refractivity contribution in [2.75, 3.05) is 0 Å². The number of hydrogen-bond donors (Lipinski definition) is 3. The van der Waals surface area contributed by atoms with E-state index in [0.29, 0.717) is 6.42 Å². The highest BCUT2D eigenvalue weighted by atomic mass is 16.4. The molecule has 1 amide bonds. The minimum Gasteiger partial charge on any atom is -0.480 e. The Balaban J connectivity index is 4.76. The summed E-state index contributed by atoms with van der Waals surface area (Å²) >= 11 is 0. The van der Waals surface area contributed by atoms with Gasteiger partial charge in [-0.3, -0.25) is 4.79 Å². The molecule has 16 heavy (non-hydrogen) atoms. The van der Waals surface area contributed by atoms with Crippen LogP contribution in [0.1, 0.15) is 41.0 Å². The molecule has 0 aliphatic heterocycles. The van der Waals surface area contributed by atoms with Gasteiger partial charge in [-0.15, -0.1) is 0 Å². The molecule has 0 radical (unpaired) electrons. The van der Waals surface area contributed by atoms with Crippen LogP contribution in [0.15, 0.2) is 0 Å². The van der Waals surface area contributed by atoms with E-state index in [1.165, 1.54) is 0 Å². The smallest absolute Gasteiger partial charge is 0.326 e. The summed E-state index contributed by atoms with van der Waals surface area (Å²) in [5.74, 6) is -1.37. The SMILES string of the molecule is CCC(NC(=O)C(C)(C)C(C)(C)N)C(=O)O. The van der Waals surface area contributed by atoms with Crippen molar-refractivity contribution in [1.82, 2.24) is 5.32 Å². The van der Waals surface area contributed by atoms with Gasteiger partial charge in [-0.05, 0) is 34.1 Å². The molecule has 0 saturated heterocycles. The average Bonchev–Trinajstić information content (AvgIpc) is 2.11. The van der Waals surface area contributed by atoms with Gasteiger partial charge in [0.1, 0.15) is 6.04 Å². The van der Waals surface area contributed by atoms with E-state index in [2.05, 4.69) is 5.32 Å². The van der Waals surface area contributed by atoms with Crippen LogP contribution in [0.2, 0.25) is 0 Å². The fraction of sp³-hybridized carbons (Fsp3) is 0.818. The third kappa shape index (κ3) is 3.20. The number of rotatable bonds is 5. The first-order valence-corrected chi connectivity index (χ1v) is 5.36. The molecule has 0 heterocycles. The Morgan fingerprint density at radius 1 is 1.31 bits per heavy atom. The van der Waals surface area contributed by atoms with Crippen molar-refractivity contribution in [3.05, 3.63) is 0 Å². The van der Waals surface area contributed by atoms with Gasteiger partial charge < -0.3 is 16.2 Å². The van der Waals surface area contributed by atoms with Gasteiger partial charge in [0.05, 0.1) is 5.41 Å². The van der Waals surface area contributed by atoms with Crippen LogP contribution in [0, 0.1) is 5.41 Å². The number of carboxylic acid groups (broad SMARTS) is 1. The zero-order valence-corrected chi connectivity index (χ0v) is 10.6. The summed E-state index contributed by atoms with van der Waals surface area (Å²) in [6.07, 6.45) is 0.349. The van der Waals surface area contributed by atoms with Gasteiger partial charge >= 0.3 is 5.97 Å². The van der Waals surface area contributed by atoms with Crippen LogP contribution in [0.5, 0.6) is 0 Å². The molecule has 0 aromatic carbocycles. The molecule has 0 fully saturated rings. The summed E-state index contributed by atoms with van der Waals surface area (Å²) in [5, 5.41) is 11.3. The summed E-state index contributed by atoms with van der Waals surface area (Å²) in [6.45, 7) is 8.61. The van der Waals surface area contributed by atoms with Crippen LogP contribution in [0.3, 0.4) is 0 Å². The van der Waals surface area contributed by atoms with Gasteiger partial charge in [0.25, 0.3) is 0 Å². The highest BCUT2D eigenvalue weighted by Crippen LogP contribution is 2.28. The molecule has 0 bridgehead atoms. The third-order valence-electron chi connectivity index (χ3n) is 3.19. The first kappa shape index (κ1) is 14.9. The van der Waals surface area contributed by atoms with E-state index in [9.17, 15) is 9.59 Å². The van der Waals surface area contributed by atoms with E-state index in [0.717, 1.165) is 0 Å². The monoisotopic (exact) mass is 230 g/mol. The second-order valence-corrected chi connectivity index (χ2v) is 5.12. The van der Waals surface area contributed by atoms with E-state index in [1.54, 1.807) is 34.6 Å². The molecule has 4 N–H and O–H groups in total. The maximum atomic E-state index is 11.9. The van der Waals surface area contributed by atoms with Crippen molar-refractivity contribution < 1.29 is 14.7 Å². The predicted molar refractivity (Wildman–Crippen MR) is 61.9 cm³/mol. The number of aliphatic carboxylic acids is 1. The highest BCUT2D eigenvalue weighted by molar-refractivity contribution is 5.87. The van der Waals surface area contributed by atoms with Crippen molar-refractivity contribution in [1.29, 1.82) is 0 Å². The van der Waals surface area contributed by atoms with E-state index in [-0.39, 0.29) is 5.91 Å². The minimum atomic E-state index is -1.03. The Bertz CT molecular complexity index is 279. The lowest BCUT2D eigenvalue weighted by Crippen LogP contribution is -2.57. The summed E-state index contributed by atoms with van der Waals surface area (Å²) in [6, 6.07) is -0.853. The lowest BCUT2D eigenvalue weighted by atomic mass is 9.74. The van der Waals surface area contributed by atoms with Crippen LogP contribution in [-0.4, -0.2) is 28.6 Å². The average molecular weight is 230 g/mol. The Hall–Kier alpha value is -1.10. The van der Waals surface area contributed by atoms with Crippen molar-refractivity contribution in [2.24, 2.45) is 11.1 Å². The maximum Gasteiger partial charge on any atom is 0.326 e. The van der Waals surface area contributed by atoms with E-state index < -0.39 is 23.0 Å². The Morgan fingerprint density at radius 3 is 2.00 bits per heavy atom. The largest absolute Gasteiger partial charge is 0.480 e. The number of nitrogens with one attached hydrogen (secondary N) is 1. The number of carbonyl (C=O) groups excluding carboxylic acids is 1. The summed E-state index contributed by atoms with van der Waals surface area (Å²) < 4.78 is 0. The number of carboxylic acids is 1. The van der Waals surface area contributed by atoms with Crippen molar-refractivity contribution in [3.63, 3.8) is 0 Å². The highest BCUT2D eigenvalue weighted by Gasteiger charge is 2.41. The van der Waals surface area contributed by atoms with Crippen LogP contribution < -0.4 is 11.1 Å². The van der Waals surface area contributed by atoms with Crippen molar-refractivity contribution in [2.45, 2.75) is 52.6 Å². The first-order chi connectivity index (χ1) is 7.04. The summed E-state index contributed by atoms with van der Waals surface area (Å²) in [5.41, 5.74) is 4.36. The normalized spacial score (nSPS) is 14.4. The number of amides is 1. The number of carbonyl (C=O) groups is 2. The van der Waals surface area contributed by atoms with Crippen LogP contribution in [0.25, 0.3) is 0 Å². The Morgan fingerprint density at radius 2 is 1.75 bits per heavy atom. The fourth-order valence-corrected chi connectivity index (χ4v) is 0.970. The Labute approximate surface area is 96.4 Å². The lowest BCUT2D eigenvalue weighted by Gasteiger charge is -2.37. The van der Waals surface area contributed by atoms with Gasteiger partial charge in [0.2, 0.25) is 5.91 Å². The Kier molecular flexibility index (Phi) is 4.49. The molecule has 0 rings (SSSR count). The topological polar surface area (TPSA) is 92.4 Å². The quantitative estimate of drug-likeness (QED) is 0.649. The van der Waals surface area contributed by atoms with Crippen molar-refractivity contribution >= 4 is 11.9 Å². The standard InChI is InChI=1S/C11H22N2O3/c1-6-7(8(14)15)13-9(16)10(2,3)11(4,5)12/h7H,6,12H2,1-5H3,(H,13,16)(H,14,15). The summed E-state index contributed by atoms with van der Waals surface area (Å²) in [7, 11) is 0. The van der Waals surface area contributed by atoms with E-state index in [4.69, 9.17) is 10.8 Å². The first-order valence-electron chi connectivity index (χ1n) is 5.36. The third-order valence-corrected chi connectivity index (χ3v) is 3.19. The molecular weight excluding hydrogens is 208 g/mol. The molecule has 1 unspecified atom stereocenters. The molecule has 0 aliphatic rings. The van der Waals surface area contributed by atoms with E-state index in [1.807, 2.05) is 0 Å². The molecule has 0 aromatic heterocycles. The lowest BCUT2D eigenvalue weighted by molar-refractivity contribution is -0.144. The minimum absolute atomic E-state index is 0.339. The predicted octanol–water partition coefficient (Wildman–Crippen LogP) is 0.729.